The van der Waals surface area contributed by atoms with Gasteiger partial charge in [-0.1, -0.05) is 78.9 Å². The Labute approximate surface area is 444 Å². The third-order valence-corrected chi connectivity index (χ3v) is 13.8. The number of carbonyl (C=O) groups is 6. The smallest absolute Gasteiger partial charge is 0.339 e. The Hall–Kier alpha value is -7.48. The summed E-state index contributed by atoms with van der Waals surface area (Å²) in [5.41, 5.74) is 1.52. The van der Waals surface area contributed by atoms with Gasteiger partial charge in [0.25, 0.3) is 23.6 Å². The number of nitrogens with one attached hydrogen (secondary N) is 2. The van der Waals surface area contributed by atoms with E-state index in [1.807, 2.05) is 91.0 Å². The summed E-state index contributed by atoms with van der Waals surface area (Å²) in [6.07, 6.45) is 0. The van der Waals surface area contributed by atoms with E-state index in [9.17, 15) is 33.9 Å². The molecule has 7 rings (SSSR count). The van der Waals surface area contributed by atoms with Crippen LogP contribution in [-0.4, -0.2) is 185 Å². The van der Waals surface area contributed by atoms with Crippen molar-refractivity contribution in [1.29, 1.82) is 0 Å². The Morgan fingerprint density at radius 3 is 1.30 bits per heavy atom. The monoisotopic (exact) mass is 1040 g/mol. The molecule has 3 N–H and O–H groups in total. The van der Waals surface area contributed by atoms with Gasteiger partial charge in [-0.2, -0.15) is 0 Å². The number of morpholine rings is 2. The lowest BCUT2D eigenvalue weighted by Crippen LogP contribution is -2.62. The van der Waals surface area contributed by atoms with Crippen LogP contribution >= 0.6 is 0 Å². The standard InChI is InChI=1S/C33H39N3O6.C25H31N3O6/c1-33(32(39)34-2,30(37)24-41-23-25-7-5-4-6-8-25)35(3)31(38)28-11-9-26(10-12-28)27-13-15-29(16-14-27)42-22-19-36-17-20-40-21-18-36;1-25(24(31)32,23(30)26-2)27(3)22(29)20-6-4-18(5-7-20)19-8-10-21(11-9-19)34-17-14-28-12-15-33-16-13-28/h4-16H,17-24H2,1-3H3,(H,34,39);4-11H,12-17H2,1-3H3,(H,26,30)(H,31,32)/t33-;25-/m10/s1. The summed E-state index contributed by atoms with van der Waals surface area (Å²) in [6.45, 7) is 12.3. The topological polar surface area (TPSA) is 206 Å². The first-order valence-corrected chi connectivity index (χ1v) is 25.3. The van der Waals surface area contributed by atoms with Crippen LogP contribution in [0.4, 0.5) is 0 Å². The Kier molecular flexibility index (Phi) is 21.2. The van der Waals surface area contributed by atoms with E-state index in [0.29, 0.717) is 18.8 Å². The van der Waals surface area contributed by atoms with Crippen LogP contribution in [0.25, 0.3) is 22.3 Å². The summed E-state index contributed by atoms with van der Waals surface area (Å²) in [5, 5.41) is 14.4. The molecule has 0 spiro atoms. The summed E-state index contributed by atoms with van der Waals surface area (Å²) >= 11 is 0. The molecule has 2 aliphatic rings. The van der Waals surface area contributed by atoms with Crippen LogP contribution < -0.4 is 20.1 Å². The fourth-order valence-corrected chi connectivity index (χ4v) is 8.45. The minimum Gasteiger partial charge on any atom is -0.492 e. The van der Waals surface area contributed by atoms with Gasteiger partial charge >= 0.3 is 5.97 Å². The number of carboxylic acids is 1. The quantitative estimate of drug-likeness (QED) is 0.0768. The molecule has 2 fully saturated rings. The Bertz CT molecular complexity index is 2700. The zero-order valence-electron chi connectivity index (χ0n) is 44.3. The minimum atomic E-state index is -2.03. The van der Waals surface area contributed by atoms with Crippen LogP contribution in [0.3, 0.4) is 0 Å². The third-order valence-electron chi connectivity index (χ3n) is 13.8. The van der Waals surface area contributed by atoms with Gasteiger partial charge in [0.2, 0.25) is 5.54 Å². The molecule has 0 bridgehead atoms. The minimum absolute atomic E-state index is 0.219. The first-order valence-electron chi connectivity index (χ1n) is 25.3. The Morgan fingerprint density at radius 1 is 0.553 bits per heavy atom. The third kappa shape index (κ3) is 14.9. The SMILES string of the molecule is CNC(=O)[C@@](C)(C(=O)COCc1ccccc1)N(C)C(=O)c1ccc(-c2ccc(OCCN3CCOCC3)cc2)cc1.CNC(=O)[C@@](C)(C(=O)O)N(C)C(=O)c1ccc(-c2ccc(OCCN3CCOCC3)cc2)cc1. The Morgan fingerprint density at radius 2 is 0.921 bits per heavy atom. The molecule has 18 heteroatoms. The predicted octanol–water partition coefficient (Wildman–Crippen LogP) is 5.15. The van der Waals surface area contributed by atoms with Crippen molar-refractivity contribution < 1.29 is 57.6 Å². The van der Waals surface area contributed by atoms with E-state index in [4.69, 9.17) is 23.7 Å². The molecule has 2 atom stereocenters. The average molecular weight is 1040 g/mol. The summed E-state index contributed by atoms with van der Waals surface area (Å²) in [6, 6.07) is 38.8. The van der Waals surface area contributed by atoms with Gasteiger partial charge < -0.3 is 49.2 Å². The van der Waals surface area contributed by atoms with E-state index in [-0.39, 0.29) is 18.8 Å². The first kappa shape index (κ1) is 57.8. The number of carbonyl (C=O) groups excluding carboxylic acids is 5. The number of benzene rings is 5. The van der Waals surface area contributed by atoms with Crippen molar-refractivity contribution in [2.24, 2.45) is 0 Å². The molecular formula is C58H70N6O12. The van der Waals surface area contributed by atoms with E-state index in [0.717, 1.165) is 110 Å². The van der Waals surface area contributed by atoms with Crippen molar-refractivity contribution in [2.75, 3.05) is 114 Å². The molecular weight excluding hydrogens is 973 g/mol. The number of Topliss-reactive ketones (excluding diaryl/α,β-unsaturated/α-hetero) is 1. The van der Waals surface area contributed by atoms with E-state index >= 15 is 0 Å². The Balaban J connectivity index is 0.000000252. The van der Waals surface area contributed by atoms with Gasteiger partial charge in [0.1, 0.15) is 31.3 Å². The summed E-state index contributed by atoms with van der Waals surface area (Å²) in [4.78, 5) is 83.1. The lowest BCUT2D eigenvalue weighted by atomic mass is 9.92. The lowest BCUT2D eigenvalue weighted by Gasteiger charge is -2.35. The van der Waals surface area contributed by atoms with Crippen molar-refractivity contribution in [3.05, 3.63) is 144 Å². The summed E-state index contributed by atoms with van der Waals surface area (Å²) < 4.78 is 28.1. The van der Waals surface area contributed by atoms with Crippen LogP contribution in [0.1, 0.15) is 40.1 Å². The van der Waals surface area contributed by atoms with Crippen molar-refractivity contribution >= 4 is 35.4 Å². The molecule has 2 heterocycles. The largest absolute Gasteiger partial charge is 0.492 e. The molecule has 2 aliphatic heterocycles. The molecule has 404 valence electrons. The number of nitrogens with zero attached hydrogens (tertiary/aromatic N) is 4. The van der Waals surface area contributed by atoms with Crippen LogP contribution in [-0.2, 0) is 40.0 Å². The van der Waals surface area contributed by atoms with Crippen molar-refractivity contribution in [2.45, 2.75) is 31.5 Å². The molecule has 2 saturated heterocycles. The number of hydrogen-bond donors (Lipinski definition) is 3. The second kappa shape index (κ2) is 27.9. The van der Waals surface area contributed by atoms with Crippen LogP contribution in [0.5, 0.6) is 11.5 Å². The maximum absolute atomic E-state index is 13.4. The van der Waals surface area contributed by atoms with Crippen LogP contribution in [0.2, 0.25) is 0 Å². The highest BCUT2D eigenvalue weighted by molar-refractivity contribution is 6.14. The molecule has 0 unspecified atom stereocenters. The maximum atomic E-state index is 13.4. The van der Waals surface area contributed by atoms with Crippen molar-refractivity contribution in [1.82, 2.24) is 30.2 Å². The molecule has 5 aromatic rings. The fraction of sp³-hybridized carbons (Fsp3) is 0.379. The second-order valence-electron chi connectivity index (χ2n) is 18.5. The molecule has 5 aromatic carbocycles. The fourth-order valence-electron chi connectivity index (χ4n) is 8.45. The number of likely N-dealkylation sites (N-methyl/N-ethyl adjacent to an activating group) is 4. The van der Waals surface area contributed by atoms with E-state index in [1.165, 1.54) is 46.9 Å². The maximum Gasteiger partial charge on any atom is 0.339 e. The summed E-state index contributed by atoms with van der Waals surface area (Å²) in [7, 11) is 5.53. The van der Waals surface area contributed by atoms with Gasteiger partial charge in [-0.15, -0.1) is 0 Å². The highest BCUT2D eigenvalue weighted by atomic mass is 16.5. The normalized spacial score (nSPS) is 15.3. The van der Waals surface area contributed by atoms with Crippen molar-refractivity contribution in [3.8, 4) is 33.8 Å². The second-order valence-corrected chi connectivity index (χ2v) is 18.5. The number of aliphatic carboxylic acids is 1. The van der Waals surface area contributed by atoms with Gasteiger partial charge in [-0.05, 0) is 90.2 Å². The van der Waals surface area contributed by atoms with E-state index in [2.05, 4.69) is 20.4 Å². The van der Waals surface area contributed by atoms with Gasteiger partial charge in [0.15, 0.2) is 11.3 Å². The molecule has 0 saturated carbocycles. The molecule has 76 heavy (non-hydrogen) atoms. The number of rotatable bonds is 22. The number of hydrogen-bond acceptors (Lipinski definition) is 13. The molecule has 0 aliphatic carbocycles. The zero-order chi connectivity index (χ0) is 54.7. The van der Waals surface area contributed by atoms with Gasteiger partial charge in [0, 0.05) is 78.6 Å². The van der Waals surface area contributed by atoms with E-state index in [1.54, 1.807) is 36.4 Å². The first-order chi connectivity index (χ1) is 36.6. The van der Waals surface area contributed by atoms with E-state index < -0.39 is 46.5 Å². The molecule has 4 amide bonds. The average Bonchev–Trinajstić information content (AvgIpc) is 3.47. The lowest BCUT2D eigenvalue weighted by molar-refractivity contribution is -0.154. The number of carboxylic acid groups (broad SMARTS) is 1. The van der Waals surface area contributed by atoms with Crippen molar-refractivity contribution in [3.63, 3.8) is 0 Å². The molecule has 0 radical (unpaired) electrons. The number of amides is 4. The predicted molar refractivity (Wildman–Crippen MR) is 287 cm³/mol. The van der Waals surface area contributed by atoms with Crippen LogP contribution in [0.15, 0.2) is 127 Å². The zero-order valence-corrected chi connectivity index (χ0v) is 44.3. The molecule has 0 aromatic heterocycles. The number of ether oxygens (including phenoxy) is 5. The number of ketones is 1. The highest BCUT2D eigenvalue weighted by Gasteiger charge is 2.48. The highest BCUT2D eigenvalue weighted by Crippen LogP contribution is 2.27. The van der Waals surface area contributed by atoms with Crippen LogP contribution in [0, 0.1) is 0 Å². The van der Waals surface area contributed by atoms with Gasteiger partial charge in [0.05, 0.1) is 33.0 Å². The molecule has 18 nitrogen and oxygen atoms in total. The van der Waals surface area contributed by atoms with Gasteiger partial charge in [-0.25, -0.2) is 4.79 Å². The summed E-state index contributed by atoms with van der Waals surface area (Å²) in [5.74, 6) is -2.73. The van der Waals surface area contributed by atoms with Gasteiger partial charge in [-0.3, -0.25) is 33.8 Å².